The van der Waals surface area contributed by atoms with Gasteiger partial charge in [-0.25, -0.2) is 30.7 Å². The van der Waals surface area contributed by atoms with E-state index in [9.17, 15) is 64.3 Å². The smallest absolute Gasteiger partial charge is 0.179 e. The van der Waals surface area contributed by atoms with E-state index in [2.05, 4.69) is 29.8 Å². The van der Waals surface area contributed by atoms with Crippen LogP contribution in [-0.2, 0) is 32.9 Å². The Bertz CT molecular complexity index is 6620. The van der Waals surface area contributed by atoms with E-state index in [-0.39, 0.29) is 186 Å². The Balaban J connectivity index is 0.000000195. The average molecular weight is 2250 g/mol. The molecule has 0 aliphatic heterocycles. The molecule has 15 aromatic rings. The van der Waals surface area contributed by atoms with Crippen molar-refractivity contribution in [3.63, 3.8) is 0 Å². The Morgan fingerprint density at radius 2 is 0.567 bits per heavy atom. The predicted octanol–water partition coefficient (Wildman–Crippen LogP) is 36.3. The van der Waals surface area contributed by atoms with Gasteiger partial charge in [-0.15, -0.1) is 0 Å². The highest BCUT2D eigenvalue weighted by Gasteiger charge is 2.29. The highest BCUT2D eigenvalue weighted by Crippen LogP contribution is 2.39. The summed E-state index contributed by atoms with van der Waals surface area (Å²) in [5.74, 6) is -3.48. The second-order valence-corrected chi connectivity index (χ2v) is 41.4. The van der Waals surface area contributed by atoms with Crippen LogP contribution in [0.5, 0.6) is 0 Å². The fraction of sp³-hybridized carbons (Fsp3) is 0.314. The number of carbonyl (C=O) groups is 7. The zero-order chi connectivity index (χ0) is 110. The van der Waals surface area contributed by atoms with E-state index < -0.39 is 0 Å². The number of halogens is 15. The maximum absolute atomic E-state index is 14.3. The number of benzene rings is 8. The first-order valence-corrected chi connectivity index (χ1v) is 53.5. The Hall–Kier alpha value is -11.6. The highest BCUT2D eigenvalue weighted by molar-refractivity contribution is 9.10. The lowest BCUT2D eigenvalue weighted by Crippen LogP contribution is -2.15. The van der Waals surface area contributed by atoms with Crippen LogP contribution in [0, 0.1) is 40.7 Å². The van der Waals surface area contributed by atoms with Gasteiger partial charge in [-0.05, 0) is 310 Å². The molecule has 0 spiro atoms. The minimum Gasteiger partial charge on any atom is -0.348 e. The standard InChI is InChI=1S/C21H19ClFNO.C20H25ClFNO.3C17H19ClFNO.C15H14BrClFNO.C14H13ClFNO/c1-15(16-7-3-2-4-8-16)24-14-6-11-20(24)21(25)13-12-17-18(22)9-5-10-19(17)23;1-4-5-8-15(20-16(21)9-6-10-17(20)22)13-19(24)18-11-7-12-23(18)14(2)3;3*1-11(2)20-9-5-8-15(20)16(21)10-12(3)17-13(18)6-4-7-14(17)19;1-2-19-13(7-9-15(19)16)14(20)8-6-10-11(17)4-3-5-12(10)18;1-17-9-3-6-13(17)14(18)8-7-10-11(15)4-2-5-12(10)16/h2-11,14-15H,12-13H2,1H3;6-7,9-12,14-15H,4-5,8,13H2,1-3H3;3*4-9,11-12H,10H2,1-3H3;3-5,7,9H,2,6,8H2,1H3;2-6,9H,7-8H2,1H3/t;;2*12-;;;/m..10.../s1. The fourth-order valence-corrected chi connectivity index (χ4v) is 20.5. The molecule has 150 heavy (non-hydrogen) atoms. The molecule has 0 N–H and O–H groups in total. The number of hydrogen-bond acceptors (Lipinski definition) is 7. The predicted molar refractivity (Wildman–Crippen MR) is 598 cm³/mol. The van der Waals surface area contributed by atoms with Gasteiger partial charge in [-0.3, -0.25) is 33.6 Å². The number of unbranched alkanes of at least 4 members (excludes halogenated alkanes) is 1. The second kappa shape index (κ2) is 59.5. The summed E-state index contributed by atoms with van der Waals surface area (Å²) in [4.78, 5) is 87.0. The number of carbonyl (C=O) groups excluding carboxylic acids is 7. The highest BCUT2D eigenvalue weighted by atomic mass is 79.9. The maximum atomic E-state index is 14.3. The van der Waals surface area contributed by atoms with Crippen molar-refractivity contribution in [3.8, 4) is 0 Å². The molecule has 15 rings (SSSR count). The minimum absolute atomic E-state index is 0.000481. The van der Waals surface area contributed by atoms with Gasteiger partial charge in [0.2, 0.25) is 0 Å². The van der Waals surface area contributed by atoms with Crippen molar-refractivity contribution in [2.75, 3.05) is 0 Å². The average Bonchev–Trinajstić information content (AvgIpc) is 1.45. The molecule has 0 aliphatic rings. The quantitative estimate of drug-likeness (QED) is 0.0276. The van der Waals surface area contributed by atoms with Gasteiger partial charge in [0, 0.05) is 194 Å². The molecule has 0 bridgehead atoms. The van der Waals surface area contributed by atoms with Gasteiger partial charge in [0.05, 0.1) is 50.5 Å². The molecule has 7 aromatic heterocycles. The van der Waals surface area contributed by atoms with Crippen molar-refractivity contribution < 1.29 is 64.3 Å². The topological polar surface area (TPSA) is 154 Å². The largest absolute Gasteiger partial charge is 0.348 e. The van der Waals surface area contributed by atoms with Gasteiger partial charge in [0.25, 0.3) is 0 Å². The molecular formula is C121H128BrCl7F7N7O7. The zero-order valence-electron chi connectivity index (χ0n) is 86.8. The van der Waals surface area contributed by atoms with Crippen molar-refractivity contribution in [1.82, 2.24) is 32.0 Å². The zero-order valence-corrected chi connectivity index (χ0v) is 93.7. The van der Waals surface area contributed by atoms with Crippen molar-refractivity contribution in [2.45, 2.75) is 241 Å². The van der Waals surface area contributed by atoms with E-state index in [0.29, 0.717) is 133 Å². The molecule has 8 aromatic carbocycles. The summed E-state index contributed by atoms with van der Waals surface area (Å²) < 4.78 is 111. The molecular weight excluding hydrogens is 2120 g/mol. The van der Waals surface area contributed by atoms with Crippen LogP contribution in [0.1, 0.15) is 333 Å². The summed E-state index contributed by atoms with van der Waals surface area (Å²) in [6.45, 7) is 28.5. The summed E-state index contributed by atoms with van der Waals surface area (Å²) >= 11 is 45.7. The Labute approximate surface area is 919 Å². The first-order valence-electron chi connectivity index (χ1n) is 50.0. The molecule has 0 amide bonds. The Kier molecular flexibility index (Phi) is 48.3. The Morgan fingerprint density at radius 1 is 0.287 bits per heavy atom. The van der Waals surface area contributed by atoms with E-state index in [1.165, 1.54) is 42.5 Å². The maximum Gasteiger partial charge on any atom is 0.179 e. The van der Waals surface area contributed by atoms with Crippen LogP contribution in [0.2, 0.25) is 35.2 Å². The van der Waals surface area contributed by atoms with Crippen LogP contribution in [-0.4, -0.2) is 72.5 Å². The van der Waals surface area contributed by atoms with Crippen LogP contribution >= 0.6 is 97.1 Å². The number of rotatable bonds is 38. The van der Waals surface area contributed by atoms with Crippen LogP contribution < -0.4 is 0 Å². The van der Waals surface area contributed by atoms with Gasteiger partial charge in [-0.2, -0.15) is 0 Å². The third kappa shape index (κ3) is 33.7. The summed E-state index contributed by atoms with van der Waals surface area (Å²) in [5, 5.41) is 2.61. The van der Waals surface area contributed by atoms with E-state index in [4.69, 9.17) is 81.2 Å². The summed E-state index contributed by atoms with van der Waals surface area (Å²) in [7, 11) is 1.81. The van der Waals surface area contributed by atoms with Gasteiger partial charge in [0.1, 0.15) is 40.7 Å². The molecule has 0 aliphatic carbocycles. The lowest BCUT2D eigenvalue weighted by molar-refractivity contribution is 0.0953. The number of Topliss-reactive ketones (excluding diaryl/α,β-unsaturated/α-hetero) is 7. The summed E-state index contributed by atoms with van der Waals surface area (Å²) in [6, 6.07) is 68.6. The molecule has 14 nitrogen and oxygen atoms in total. The van der Waals surface area contributed by atoms with E-state index in [0.717, 1.165) is 29.4 Å². The Morgan fingerprint density at radius 3 is 0.867 bits per heavy atom. The number of hydrogen-bond donors (Lipinski definition) is 0. The molecule has 794 valence electrons. The van der Waals surface area contributed by atoms with Gasteiger partial charge >= 0.3 is 0 Å². The number of ketones is 7. The summed E-state index contributed by atoms with van der Waals surface area (Å²) in [5.41, 5.74) is 8.58. The minimum atomic E-state index is -0.367. The van der Waals surface area contributed by atoms with Gasteiger partial charge in [-0.1, -0.05) is 195 Å². The van der Waals surface area contributed by atoms with Crippen molar-refractivity contribution in [3.05, 3.63) is 445 Å². The van der Waals surface area contributed by atoms with Gasteiger partial charge < -0.3 is 32.0 Å². The lowest BCUT2D eigenvalue weighted by Gasteiger charge is -2.20. The molecule has 7 heterocycles. The van der Waals surface area contributed by atoms with Crippen molar-refractivity contribution in [1.29, 1.82) is 0 Å². The first-order chi connectivity index (χ1) is 71.4. The third-order valence-corrected chi connectivity index (χ3v) is 28.8. The van der Waals surface area contributed by atoms with Crippen LogP contribution in [0.4, 0.5) is 30.7 Å². The number of aromatic nitrogens is 7. The van der Waals surface area contributed by atoms with E-state index in [1.54, 1.807) is 120 Å². The van der Waals surface area contributed by atoms with Crippen molar-refractivity contribution >= 4 is 138 Å². The number of aryl methyl sites for hydroxylation is 1. The second-order valence-electron chi connectivity index (χ2n) is 37.7. The van der Waals surface area contributed by atoms with Crippen LogP contribution in [0.25, 0.3) is 0 Å². The molecule has 0 radical (unpaired) electrons. The molecule has 0 saturated heterocycles. The monoisotopic (exact) mass is 2250 g/mol. The molecule has 5 atom stereocenters. The summed E-state index contributed by atoms with van der Waals surface area (Å²) in [6.07, 6.45) is 16.6. The molecule has 0 saturated carbocycles. The SMILES string of the molecule is CC(C)n1cccc1C(=O)C[C@@H](C)c1c(F)cccc1Cl.CC(C)n1cccc1C(=O)C[C@H](C)c1c(F)cccc1Cl.CC(CC(=O)c1cccn1C(C)C)c1c(F)cccc1Cl.CC(c1ccccc1)n1cccc1C(=O)CCc1c(F)cccc1Cl.CCCCC(CC(=O)c1cccn1C(C)C)c1c(F)cccc1Cl.CCn1c(Br)ccc1C(=O)CCc1c(F)cccc1Cl.Cn1cccc1C(=O)CCc1c(F)cccc1Cl. The normalized spacial score (nSPS) is 12.1. The van der Waals surface area contributed by atoms with Gasteiger partial charge in [0.15, 0.2) is 40.5 Å². The number of nitrogens with zero attached hydrogens (tertiary/aromatic N) is 7. The molecule has 3 unspecified atom stereocenters. The lowest BCUT2D eigenvalue weighted by atomic mass is 9.88. The van der Waals surface area contributed by atoms with Crippen LogP contribution in [0.15, 0.2) is 284 Å². The van der Waals surface area contributed by atoms with Crippen molar-refractivity contribution in [2.24, 2.45) is 7.05 Å². The molecule has 0 fully saturated rings. The fourth-order valence-electron chi connectivity index (χ4n) is 17.8. The molecule has 29 heteroatoms. The van der Waals surface area contributed by atoms with E-state index >= 15 is 0 Å². The van der Waals surface area contributed by atoms with E-state index in [1.807, 2.05) is 240 Å². The first kappa shape index (κ1) is 122. The van der Waals surface area contributed by atoms with Crippen LogP contribution in [0.3, 0.4) is 0 Å². The third-order valence-electron chi connectivity index (χ3n) is 25.7.